The number of ether oxygens (including phenoxy) is 1. The molecule has 0 aromatic heterocycles. The van der Waals surface area contributed by atoms with Crippen molar-refractivity contribution in [1.29, 1.82) is 0 Å². The van der Waals surface area contributed by atoms with Gasteiger partial charge in [0.25, 0.3) is 0 Å². The van der Waals surface area contributed by atoms with Gasteiger partial charge in [-0.3, -0.25) is 0 Å². The summed E-state index contributed by atoms with van der Waals surface area (Å²) in [6.45, 7) is 8.21. The van der Waals surface area contributed by atoms with Crippen molar-refractivity contribution in [2.75, 3.05) is 38.2 Å². The second kappa shape index (κ2) is 6.92. The van der Waals surface area contributed by atoms with Crippen LogP contribution in [0.4, 0.5) is 5.69 Å². The summed E-state index contributed by atoms with van der Waals surface area (Å²) >= 11 is 0. The van der Waals surface area contributed by atoms with Crippen molar-refractivity contribution >= 4 is 5.69 Å². The molecule has 1 N–H and O–H groups in total. The Morgan fingerprint density at radius 3 is 2.63 bits per heavy atom. The summed E-state index contributed by atoms with van der Waals surface area (Å²) in [6.07, 6.45) is 1.45. The van der Waals surface area contributed by atoms with Crippen LogP contribution in [0.25, 0.3) is 0 Å². The Bertz CT molecular complexity index is 369. The maximum atomic E-state index is 5.74. The molecule has 1 aromatic carbocycles. The van der Waals surface area contributed by atoms with Gasteiger partial charge in [0.1, 0.15) is 0 Å². The summed E-state index contributed by atoms with van der Waals surface area (Å²) in [5.74, 6) is 0.713. The largest absolute Gasteiger partial charge is 0.374 e. The first-order valence-electron chi connectivity index (χ1n) is 7.27. The monoisotopic (exact) mass is 262 g/mol. The zero-order valence-corrected chi connectivity index (χ0v) is 12.4. The molecule has 2 rings (SSSR count). The normalized spacial score (nSPS) is 19.7. The van der Waals surface area contributed by atoms with Gasteiger partial charge in [-0.25, -0.2) is 0 Å². The van der Waals surface area contributed by atoms with Crippen LogP contribution < -0.4 is 10.2 Å². The zero-order valence-electron chi connectivity index (χ0n) is 12.4. The highest BCUT2D eigenvalue weighted by atomic mass is 16.5. The van der Waals surface area contributed by atoms with Gasteiger partial charge in [-0.2, -0.15) is 0 Å². The molecular weight excluding hydrogens is 236 g/mol. The van der Waals surface area contributed by atoms with E-state index in [-0.39, 0.29) is 0 Å². The highest BCUT2D eigenvalue weighted by Gasteiger charge is 2.15. The fourth-order valence-corrected chi connectivity index (χ4v) is 2.51. The summed E-state index contributed by atoms with van der Waals surface area (Å²) in [5, 5.41) is 3.37. The van der Waals surface area contributed by atoms with Crippen molar-refractivity contribution in [2.45, 2.75) is 26.4 Å². The van der Waals surface area contributed by atoms with E-state index in [4.69, 9.17) is 4.74 Å². The maximum absolute atomic E-state index is 5.74. The van der Waals surface area contributed by atoms with E-state index in [1.54, 1.807) is 0 Å². The predicted octanol–water partition coefficient (Wildman–Crippen LogP) is 2.31. The minimum atomic E-state index is 0.300. The Labute approximate surface area is 116 Å². The van der Waals surface area contributed by atoms with Crippen LogP contribution in [0.2, 0.25) is 0 Å². The second-order valence-corrected chi connectivity index (χ2v) is 5.84. The van der Waals surface area contributed by atoms with Crippen LogP contribution in [0.15, 0.2) is 24.3 Å². The number of morpholine rings is 1. The zero-order chi connectivity index (χ0) is 13.7. The summed E-state index contributed by atoms with van der Waals surface area (Å²) in [7, 11) is 2.13. The Balaban J connectivity index is 1.89. The van der Waals surface area contributed by atoms with Gasteiger partial charge in [0.2, 0.25) is 0 Å². The van der Waals surface area contributed by atoms with E-state index in [0.29, 0.717) is 12.0 Å². The van der Waals surface area contributed by atoms with Gasteiger partial charge in [0.05, 0.1) is 12.7 Å². The highest BCUT2D eigenvalue weighted by molar-refractivity contribution is 5.47. The number of nitrogens with one attached hydrogen (secondary N) is 1. The van der Waals surface area contributed by atoms with Crippen molar-refractivity contribution in [2.24, 2.45) is 5.92 Å². The third kappa shape index (κ3) is 4.51. The molecule has 1 aliphatic rings. The van der Waals surface area contributed by atoms with Crippen molar-refractivity contribution in [3.05, 3.63) is 29.8 Å². The van der Waals surface area contributed by atoms with Crippen molar-refractivity contribution in [3.8, 4) is 0 Å². The highest BCUT2D eigenvalue weighted by Crippen LogP contribution is 2.17. The number of hydrogen-bond acceptors (Lipinski definition) is 3. The smallest absolute Gasteiger partial charge is 0.0874 e. The molecule has 3 nitrogen and oxygen atoms in total. The van der Waals surface area contributed by atoms with Gasteiger partial charge in [-0.05, 0) is 30.0 Å². The Kier molecular flexibility index (Phi) is 5.23. The van der Waals surface area contributed by atoms with E-state index in [9.17, 15) is 0 Å². The molecule has 0 spiro atoms. The third-order valence-electron chi connectivity index (χ3n) is 3.50. The predicted molar refractivity (Wildman–Crippen MR) is 80.9 cm³/mol. The van der Waals surface area contributed by atoms with Gasteiger partial charge in [-0.15, -0.1) is 0 Å². The van der Waals surface area contributed by atoms with Gasteiger partial charge >= 0.3 is 0 Å². The van der Waals surface area contributed by atoms with Crippen LogP contribution in [0, 0.1) is 5.92 Å². The van der Waals surface area contributed by atoms with Gasteiger partial charge in [0, 0.05) is 32.4 Å². The van der Waals surface area contributed by atoms with E-state index in [2.05, 4.69) is 55.4 Å². The van der Waals surface area contributed by atoms with Crippen LogP contribution in [0.3, 0.4) is 0 Å². The average molecular weight is 262 g/mol. The maximum Gasteiger partial charge on any atom is 0.0874 e. The first-order valence-corrected chi connectivity index (χ1v) is 7.27. The molecule has 1 fully saturated rings. The number of hydrogen-bond donors (Lipinski definition) is 1. The van der Waals surface area contributed by atoms with Crippen LogP contribution in [0.1, 0.15) is 19.4 Å². The van der Waals surface area contributed by atoms with Crippen LogP contribution in [-0.4, -0.2) is 39.4 Å². The van der Waals surface area contributed by atoms with Crippen molar-refractivity contribution < 1.29 is 4.74 Å². The molecular formula is C16H26N2O. The number of anilines is 1. The Hall–Kier alpha value is -1.06. The fourth-order valence-electron chi connectivity index (χ4n) is 2.51. The average Bonchev–Trinajstić information content (AvgIpc) is 2.40. The molecule has 1 unspecified atom stereocenters. The van der Waals surface area contributed by atoms with Gasteiger partial charge in [0.15, 0.2) is 0 Å². The molecule has 1 aliphatic heterocycles. The summed E-state index contributed by atoms with van der Waals surface area (Å²) in [6, 6.07) is 8.92. The van der Waals surface area contributed by atoms with Crippen LogP contribution >= 0.6 is 0 Å². The lowest BCUT2D eigenvalue weighted by Gasteiger charge is -2.29. The molecule has 0 bridgehead atoms. The number of rotatable bonds is 5. The lowest BCUT2D eigenvalue weighted by Crippen LogP contribution is -2.44. The van der Waals surface area contributed by atoms with E-state index >= 15 is 0 Å². The second-order valence-electron chi connectivity index (χ2n) is 5.84. The van der Waals surface area contributed by atoms with E-state index < -0.39 is 0 Å². The number of nitrogens with zero attached hydrogens (tertiary/aromatic N) is 1. The lowest BCUT2D eigenvalue weighted by molar-refractivity contribution is 0.0340. The SMILES string of the molecule is CC(C)Cc1ccc(N(C)CC2CNCCO2)cc1. The molecule has 1 saturated heterocycles. The lowest BCUT2D eigenvalue weighted by atomic mass is 10.0. The number of likely N-dealkylation sites (N-methyl/N-ethyl adjacent to an activating group) is 1. The Morgan fingerprint density at radius 2 is 2.05 bits per heavy atom. The molecule has 3 heteroatoms. The van der Waals surface area contributed by atoms with E-state index in [0.717, 1.165) is 32.7 Å². The van der Waals surface area contributed by atoms with E-state index in [1.807, 2.05) is 0 Å². The molecule has 1 heterocycles. The molecule has 106 valence electrons. The van der Waals surface area contributed by atoms with Crippen molar-refractivity contribution in [3.63, 3.8) is 0 Å². The summed E-state index contributed by atoms with van der Waals surface area (Å²) in [4.78, 5) is 2.27. The first-order chi connectivity index (χ1) is 9.15. The minimum Gasteiger partial charge on any atom is -0.374 e. The summed E-state index contributed by atoms with van der Waals surface area (Å²) < 4.78 is 5.74. The number of benzene rings is 1. The standard InChI is InChI=1S/C16H26N2O/c1-13(2)10-14-4-6-15(7-5-14)18(3)12-16-11-17-8-9-19-16/h4-7,13,16-17H,8-12H2,1-3H3. The molecule has 1 atom stereocenters. The fraction of sp³-hybridized carbons (Fsp3) is 0.625. The van der Waals surface area contributed by atoms with E-state index in [1.165, 1.54) is 11.3 Å². The molecule has 0 amide bonds. The molecule has 19 heavy (non-hydrogen) atoms. The van der Waals surface area contributed by atoms with Crippen LogP contribution in [-0.2, 0) is 11.2 Å². The molecule has 0 aliphatic carbocycles. The van der Waals surface area contributed by atoms with Crippen LogP contribution in [0.5, 0.6) is 0 Å². The first kappa shape index (κ1) is 14.4. The molecule has 1 aromatic rings. The van der Waals surface area contributed by atoms with Gasteiger partial charge < -0.3 is 15.0 Å². The van der Waals surface area contributed by atoms with Gasteiger partial charge in [-0.1, -0.05) is 26.0 Å². The molecule has 0 radical (unpaired) electrons. The quantitative estimate of drug-likeness (QED) is 0.881. The summed E-state index contributed by atoms with van der Waals surface area (Å²) in [5.41, 5.74) is 2.68. The Morgan fingerprint density at radius 1 is 1.32 bits per heavy atom. The minimum absolute atomic E-state index is 0.300. The van der Waals surface area contributed by atoms with Crippen molar-refractivity contribution in [1.82, 2.24) is 5.32 Å². The molecule has 0 saturated carbocycles. The third-order valence-corrected chi connectivity index (χ3v) is 3.50. The topological polar surface area (TPSA) is 24.5 Å².